The first kappa shape index (κ1) is 32.3. The maximum absolute atomic E-state index is 12.3. The highest BCUT2D eigenvalue weighted by Crippen LogP contribution is 2.44. The van der Waals surface area contributed by atoms with Crippen LogP contribution in [0.4, 0.5) is 9.59 Å². The van der Waals surface area contributed by atoms with Gasteiger partial charge >= 0.3 is 18.2 Å². The summed E-state index contributed by atoms with van der Waals surface area (Å²) >= 11 is 0. The number of hydrogen-bond acceptors (Lipinski definition) is 8. The average Bonchev–Trinajstić information content (AvgIpc) is 3.32. The van der Waals surface area contributed by atoms with Crippen LogP contribution in [0.2, 0.25) is 0 Å². The first-order valence-corrected chi connectivity index (χ1v) is 14.6. The molecule has 0 unspecified atom stereocenters. The largest absolute Gasteiger partial charge is 0.491 e. The van der Waals surface area contributed by atoms with Crippen molar-refractivity contribution in [1.29, 1.82) is 0 Å². The molecule has 234 valence electrons. The van der Waals surface area contributed by atoms with Crippen molar-refractivity contribution in [3.8, 4) is 16.9 Å². The van der Waals surface area contributed by atoms with Gasteiger partial charge < -0.3 is 34.3 Å². The molecule has 0 aliphatic heterocycles. The van der Waals surface area contributed by atoms with Crippen LogP contribution in [-0.4, -0.2) is 69.9 Å². The number of alkyl carbamates (subject to hydrolysis) is 2. The van der Waals surface area contributed by atoms with Gasteiger partial charge in [-0.1, -0.05) is 60.7 Å². The van der Waals surface area contributed by atoms with Gasteiger partial charge in [0.1, 0.15) is 30.6 Å². The number of rotatable bonds is 13. The number of hydrogen-bond donors (Lipinski definition) is 2. The second-order valence-corrected chi connectivity index (χ2v) is 11.3. The van der Waals surface area contributed by atoms with Gasteiger partial charge in [0.05, 0.1) is 20.3 Å². The number of carbonyl (C=O) groups excluding carboxylic acids is 3. The minimum absolute atomic E-state index is 0.0128. The number of fused-ring (bicyclic) bond motifs is 3. The molecule has 10 nitrogen and oxygen atoms in total. The van der Waals surface area contributed by atoms with E-state index in [0.717, 1.165) is 5.56 Å². The molecule has 2 amide bonds. The number of amides is 2. The first-order valence-electron chi connectivity index (χ1n) is 14.6. The normalized spacial score (nSPS) is 12.8. The predicted molar refractivity (Wildman–Crippen MR) is 165 cm³/mol. The van der Waals surface area contributed by atoms with Crippen LogP contribution >= 0.6 is 0 Å². The lowest BCUT2D eigenvalue weighted by molar-refractivity contribution is -0.143. The highest BCUT2D eigenvalue weighted by Gasteiger charge is 2.29. The van der Waals surface area contributed by atoms with Gasteiger partial charge in [0.15, 0.2) is 0 Å². The zero-order valence-electron chi connectivity index (χ0n) is 25.6. The molecule has 1 aliphatic carbocycles. The zero-order chi connectivity index (χ0) is 31.5. The fraction of sp³-hybridized carbons (Fsp3) is 0.382. The third kappa shape index (κ3) is 9.21. The van der Waals surface area contributed by atoms with Gasteiger partial charge in [-0.3, -0.25) is 0 Å². The molecular weight excluding hydrogens is 564 g/mol. The van der Waals surface area contributed by atoms with Gasteiger partial charge in [0.25, 0.3) is 0 Å². The highest BCUT2D eigenvalue weighted by molar-refractivity contribution is 5.82. The fourth-order valence-corrected chi connectivity index (χ4v) is 4.94. The molecule has 0 heterocycles. The van der Waals surface area contributed by atoms with E-state index in [1.54, 1.807) is 45.0 Å². The van der Waals surface area contributed by atoms with Gasteiger partial charge in [-0.15, -0.1) is 0 Å². The SMILES string of the molecule is COC(=O)[C@H](Cc1ccc(OCCOCCNC(=O)OCC2c3ccccc3-c3ccccc32)cc1)NC(=O)OC(C)(C)C. The number of carbonyl (C=O) groups is 3. The summed E-state index contributed by atoms with van der Waals surface area (Å²) in [6, 6.07) is 22.7. The number of methoxy groups -OCH3 is 1. The Morgan fingerprint density at radius 2 is 1.45 bits per heavy atom. The molecule has 3 aromatic carbocycles. The van der Waals surface area contributed by atoms with Crippen LogP contribution in [0.1, 0.15) is 43.4 Å². The van der Waals surface area contributed by atoms with Crippen molar-refractivity contribution >= 4 is 18.2 Å². The van der Waals surface area contributed by atoms with E-state index >= 15 is 0 Å². The lowest BCUT2D eigenvalue weighted by Crippen LogP contribution is -2.45. The van der Waals surface area contributed by atoms with Gasteiger partial charge in [0.2, 0.25) is 0 Å². The Kier molecular flexibility index (Phi) is 11.2. The van der Waals surface area contributed by atoms with Crippen LogP contribution in [0.25, 0.3) is 11.1 Å². The summed E-state index contributed by atoms with van der Waals surface area (Å²) in [5.41, 5.74) is 4.82. The van der Waals surface area contributed by atoms with Crippen molar-refractivity contribution in [2.24, 2.45) is 0 Å². The molecule has 0 saturated carbocycles. The number of ether oxygens (including phenoxy) is 5. The summed E-state index contributed by atoms with van der Waals surface area (Å²) in [7, 11) is 1.27. The van der Waals surface area contributed by atoms with E-state index in [1.165, 1.54) is 29.4 Å². The van der Waals surface area contributed by atoms with Gasteiger partial charge in [-0.05, 0) is 60.7 Å². The lowest BCUT2D eigenvalue weighted by Gasteiger charge is -2.22. The van der Waals surface area contributed by atoms with E-state index < -0.39 is 29.8 Å². The smallest absolute Gasteiger partial charge is 0.408 e. The summed E-state index contributed by atoms with van der Waals surface area (Å²) in [6.07, 6.45) is -0.949. The van der Waals surface area contributed by atoms with Crippen LogP contribution in [-0.2, 0) is 30.2 Å². The minimum Gasteiger partial charge on any atom is -0.491 e. The highest BCUT2D eigenvalue weighted by atomic mass is 16.6. The quantitative estimate of drug-likeness (QED) is 0.155. The summed E-state index contributed by atoms with van der Waals surface area (Å²) in [5, 5.41) is 5.29. The van der Waals surface area contributed by atoms with Crippen molar-refractivity contribution in [2.45, 2.75) is 44.8 Å². The average molecular weight is 605 g/mol. The van der Waals surface area contributed by atoms with Crippen molar-refractivity contribution < 1.29 is 38.1 Å². The topological polar surface area (TPSA) is 121 Å². The molecule has 0 saturated heterocycles. The van der Waals surface area contributed by atoms with Crippen LogP contribution < -0.4 is 15.4 Å². The predicted octanol–water partition coefficient (Wildman–Crippen LogP) is 5.23. The van der Waals surface area contributed by atoms with Crippen molar-refractivity contribution in [1.82, 2.24) is 10.6 Å². The standard InChI is InChI=1S/C34H40N2O8/c1-34(2,3)44-33(39)36-30(31(37)40-4)21-23-13-15-24(16-14-23)42-20-19-41-18-17-35-32(38)43-22-29-27-11-7-5-9-25(27)26-10-6-8-12-28(26)29/h5-16,29-30H,17-22H2,1-4H3,(H,35,38)(H,36,39)/t30-/m0/s1. The number of benzene rings is 3. The number of nitrogens with one attached hydrogen (secondary N) is 2. The molecule has 0 aromatic heterocycles. The fourth-order valence-electron chi connectivity index (χ4n) is 4.94. The summed E-state index contributed by atoms with van der Waals surface area (Å²) < 4.78 is 26.9. The second kappa shape index (κ2) is 15.2. The molecule has 4 rings (SSSR count). The molecule has 0 fully saturated rings. The van der Waals surface area contributed by atoms with Crippen molar-refractivity contribution in [3.63, 3.8) is 0 Å². The molecule has 0 radical (unpaired) electrons. The summed E-state index contributed by atoms with van der Waals surface area (Å²) in [6.45, 7) is 6.76. The third-order valence-electron chi connectivity index (χ3n) is 6.90. The molecule has 3 aromatic rings. The second-order valence-electron chi connectivity index (χ2n) is 11.3. The molecule has 1 atom stereocenters. The molecule has 0 spiro atoms. The molecular formula is C34H40N2O8. The Hall–Kier alpha value is -4.57. The molecule has 10 heteroatoms. The first-order chi connectivity index (χ1) is 21.1. The third-order valence-corrected chi connectivity index (χ3v) is 6.90. The molecule has 44 heavy (non-hydrogen) atoms. The van der Waals surface area contributed by atoms with E-state index in [0.29, 0.717) is 32.1 Å². The van der Waals surface area contributed by atoms with Crippen molar-refractivity contribution in [2.75, 3.05) is 40.1 Å². The van der Waals surface area contributed by atoms with Gasteiger partial charge in [0, 0.05) is 18.9 Å². The monoisotopic (exact) mass is 604 g/mol. The van der Waals surface area contributed by atoms with E-state index in [9.17, 15) is 14.4 Å². The van der Waals surface area contributed by atoms with Crippen LogP contribution in [0.5, 0.6) is 5.75 Å². The van der Waals surface area contributed by atoms with Crippen LogP contribution in [0, 0.1) is 0 Å². The molecule has 1 aliphatic rings. The maximum atomic E-state index is 12.3. The molecule has 0 bridgehead atoms. The van der Waals surface area contributed by atoms with Crippen LogP contribution in [0.3, 0.4) is 0 Å². The Bertz CT molecular complexity index is 1370. The Labute approximate surface area is 258 Å². The van der Waals surface area contributed by atoms with E-state index in [4.69, 9.17) is 23.7 Å². The van der Waals surface area contributed by atoms with Gasteiger partial charge in [-0.25, -0.2) is 14.4 Å². The maximum Gasteiger partial charge on any atom is 0.408 e. The Morgan fingerprint density at radius 1 is 0.818 bits per heavy atom. The Morgan fingerprint density at radius 3 is 2.07 bits per heavy atom. The number of esters is 1. The van der Waals surface area contributed by atoms with E-state index in [2.05, 4.69) is 34.9 Å². The summed E-state index contributed by atoms with van der Waals surface area (Å²) in [4.78, 5) is 36.6. The van der Waals surface area contributed by atoms with E-state index in [1.807, 2.05) is 24.3 Å². The zero-order valence-corrected chi connectivity index (χ0v) is 25.6. The molecule has 2 N–H and O–H groups in total. The van der Waals surface area contributed by atoms with E-state index in [-0.39, 0.29) is 18.9 Å². The lowest BCUT2D eigenvalue weighted by atomic mass is 9.98. The Balaban J connectivity index is 1.11. The van der Waals surface area contributed by atoms with Crippen LogP contribution in [0.15, 0.2) is 72.8 Å². The summed E-state index contributed by atoms with van der Waals surface area (Å²) in [5.74, 6) is 0.0732. The van der Waals surface area contributed by atoms with Crippen molar-refractivity contribution in [3.05, 3.63) is 89.5 Å². The minimum atomic E-state index is -0.892. The van der Waals surface area contributed by atoms with Gasteiger partial charge in [-0.2, -0.15) is 0 Å².